The van der Waals surface area contributed by atoms with Crippen molar-refractivity contribution in [1.29, 1.82) is 0 Å². The van der Waals surface area contributed by atoms with Crippen LogP contribution in [0, 0.1) is 0 Å². The molecule has 2 aliphatic rings. The van der Waals surface area contributed by atoms with Gasteiger partial charge in [0.05, 0.1) is 12.3 Å². The van der Waals surface area contributed by atoms with Crippen LogP contribution in [0.15, 0.2) is 54.7 Å². The minimum Gasteiger partial charge on any atom is -0.493 e. The fourth-order valence-corrected chi connectivity index (χ4v) is 4.26. The van der Waals surface area contributed by atoms with E-state index in [9.17, 15) is 18.0 Å². The molecule has 172 valence electrons. The van der Waals surface area contributed by atoms with Crippen LogP contribution in [0.3, 0.4) is 0 Å². The number of alkyl halides is 3. The Bertz CT molecular complexity index is 1150. The smallest absolute Gasteiger partial charge is 0.435 e. The summed E-state index contributed by atoms with van der Waals surface area (Å²) in [7, 11) is 0. The number of aromatic nitrogens is 2. The molecule has 9 heteroatoms. The van der Waals surface area contributed by atoms with Crippen LogP contribution in [0.5, 0.6) is 5.75 Å². The number of hydrogen-bond acceptors (Lipinski definition) is 4. The van der Waals surface area contributed by atoms with Gasteiger partial charge in [0.2, 0.25) is 0 Å². The lowest BCUT2D eigenvalue weighted by molar-refractivity contribution is -0.141. The van der Waals surface area contributed by atoms with E-state index in [1.54, 1.807) is 24.3 Å². The van der Waals surface area contributed by atoms with E-state index in [0.717, 1.165) is 49.2 Å². The van der Waals surface area contributed by atoms with Gasteiger partial charge in [-0.2, -0.15) is 18.3 Å². The van der Waals surface area contributed by atoms with Crippen LogP contribution in [0.4, 0.5) is 13.2 Å². The molecular weight excluding hydrogens is 433 g/mol. The third kappa shape index (κ3) is 4.59. The maximum absolute atomic E-state index is 12.9. The molecule has 0 bridgehead atoms. The first-order valence-electron chi connectivity index (χ1n) is 10.9. The summed E-state index contributed by atoms with van der Waals surface area (Å²) in [5.41, 5.74) is 2.53. The van der Waals surface area contributed by atoms with Crippen LogP contribution in [0.25, 0.3) is 5.69 Å². The van der Waals surface area contributed by atoms with E-state index in [4.69, 9.17) is 4.74 Å². The van der Waals surface area contributed by atoms with Crippen LogP contribution in [-0.4, -0.2) is 58.3 Å². The third-order valence-corrected chi connectivity index (χ3v) is 6.08. The van der Waals surface area contributed by atoms with Crippen molar-refractivity contribution in [1.82, 2.24) is 19.6 Å². The number of nitrogens with zero attached hydrogens (tertiary/aromatic N) is 4. The second-order valence-electron chi connectivity index (χ2n) is 8.30. The molecule has 3 aromatic rings. The summed E-state index contributed by atoms with van der Waals surface area (Å²) >= 11 is 0. The number of carbonyl (C=O) groups excluding carboxylic acids is 1. The maximum atomic E-state index is 12.9. The predicted octanol–water partition coefficient (Wildman–Crippen LogP) is 3.78. The second kappa shape index (κ2) is 8.55. The van der Waals surface area contributed by atoms with E-state index in [-0.39, 0.29) is 5.91 Å². The quantitative estimate of drug-likeness (QED) is 0.600. The molecule has 1 fully saturated rings. The summed E-state index contributed by atoms with van der Waals surface area (Å²) in [5.74, 6) is 0.904. The Morgan fingerprint density at radius 2 is 1.76 bits per heavy atom. The van der Waals surface area contributed by atoms with E-state index < -0.39 is 11.9 Å². The standard InChI is InChI=1S/C24H23F3N4O2/c25-24(26,27)22-7-9-31(28-22)20-4-2-18(3-5-20)23(32)30-12-10-29(11-13-30)16-17-1-6-21-19(15-17)8-14-33-21/h1-7,9,15H,8,10-14,16H2. The molecule has 3 heterocycles. The molecule has 0 N–H and O–H groups in total. The van der Waals surface area contributed by atoms with Crippen molar-refractivity contribution in [2.24, 2.45) is 0 Å². The molecule has 5 rings (SSSR count). The Morgan fingerprint density at radius 1 is 1.00 bits per heavy atom. The Morgan fingerprint density at radius 3 is 2.45 bits per heavy atom. The van der Waals surface area contributed by atoms with E-state index in [2.05, 4.69) is 22.1 Å². The zero-order valence-electron chi connectivity index (χ0n) is 17.9. The van der Waals surface area contributed by atoms with Gasteiger partial charge in [-0.15, -0.1) is 0 Å². The van der Waals surface area contributed by atoms with Crippen molar-refractivity contribution in [2.75, 3.05) is 32.8 Å². The van der Waals surface area contributed by atoms with Crippen LogP contribution in [0.1, 0.15) is 27.2 Å². The first-order valence-corrected chi connectivity index (χ1v) is 10.9. The van der Waals surface area contributed by atoms with Crippen molar-refractivity contribution in [3.8, 4) is 11.4 Å². The van der Waals surface area contributed by atoms with Gasteiger partial charge >= 0.3 is 6.18 Å². The zero-order valence-corrected chi connectivity index (χ0v) is 17.9. The lowest BCUT2D eigenvalue weighted by Crippen LogP contribution is -2.48. The average molecular weight is 456 g/mol. The average Bonchev–Trinajstić information content (AvgIpc) is 3.49. The highest BCUT2D eigenvalue weighted by Gasteiger charge is 2.33. The summed E-state index contributed by atoms with van der Waals surface area (Å²) in [6, 6.07) is 13.7. The maximum Gasteiger partial charge on any atom is 0.435 e. The zero-order chi connectivity index (χ0) is 23.0. The summed E-state index contributed by atoms with van der Waals surface area (Å²) < 4.78 is 45.0. The fourth-order valence-electron chi connectivity index (χ4n) is 4.26. The molecule has 0 saturated carbocycles. The topological polar surface area (TPSA) is 50.6 Å². The number of rotatable bonds is 4. The molecule has 2 aliphatic heterocycles. The normalized spacial score (nSPS) is 16.5. The van der Waals surface area contributed by atoms with Gasteiger partial charge in [0, 0.05) is 50.9 Å². The van der Waals surface area contributed by atoms with Crippen LogP contribution in [-0.2, 0) is 19.1 Å². The number of carbonyl (C=O) groups is 1. The van der Waals surface area contributed by atoms with Gasteiger partial charge in [-0.3, -0.25) is 9.69 Å². The Labute approximate surface area is 189 Å². The molecule has 1 aromatic heterocycles. The lowest BCUT2D eigenvalue weighted by Gasteiger charge is -2.35. The highest BCUT2D eigenvalue weighted by molar-refractivity contribution is 5.94. The molecule has 0 radical (unpaired) electrons. The monoisotopic (exact) mass is 456 g/mol. The van der Waals surface area contributed by atoms with Gasteiger partial charge in [-0.1, -0.05) is 12.1 Å². The molecule has 33 heavy (non-hydrogen) atoms. The number of halogens is 3. The van der Waals surface area contributed by atoms with Gasteiger partial charge < -0.3 is 9.64 Å². The summed E-state index contributed by atoms with van der Waals surface area (Å²) in [4.78, 5) is 17.0. The molecule has 1 amide bonds. The Balaban J connectivity index is 1.17. The molecule has 0 atom stereocenters. The van der Waals surface area contributed by atoms with Crippen molar-refractivity contribution in [3.63, 3.8) is 0 Å². The minimum atomic E-state index is -4.49. The van der Waals surface area contributed by atoms with E-state index in [1.165, 1.54) is 17.3 Å². The minimum absolute atomic E-state index is 0.0766. The fraction of sp³-hybridized carbons (Fsp3) is 0.333. The Hall–Kier alpha value is -3.33. The molecular formula is C24H23F3N4O2. The third-order valence-electron chi connectivity index (χ3n) is 6.08. The summed E-state index contributed by atoms with van der Waals surface area (Å²) in [6.07, 6.45) is -2.28. The van der Waals surface area contributed by atoms with Gasteiger partial charge in [0.1, 0.15) is 5.75 Å². The second-order valence-corrected chi connectivity index (χ2v) is 8.30. The number of hydrogen-bond donors (Lipinski definition) is 0. The van der Waals surface area contributed by atoms with Crippen LogP contribution >= 0.6 is 0 Å². The highest BCUT2D eigenvalue weighted by Crippen LogP contribution is 2.28. The molecule has 0 spiro atoms. The number of benzene rings is 2. The number of ether oxygens (including phenoxy) is 1. The summed E-state index contributed by atoms with van der Waals surface area (Å²) in [6.45, 7) is 4.41. The largest absolute Gasteiger partial charge is 0.493 e. The van der Waals surface area contributed by atoms with E-state index in [0.29, 0.717) is 24.3 Å². The molecule has 1 saturated heterocycles. The van der Waals surface area contributed by atoms with E-state index in [1.807, 2.05) is 11.0 Å². The van der Waals surface area contributed by atoms with Gasteiger partial charge in [-0.25, -0.2) is 4.68 Å². The highest BCUT2D eigenvalue weighted by atomic mass is 19.4. The number of piperazine rings is 1. The Kier molecular flexibility index (Phi) is 5.57. The first-order chi connectivity index (χ1) is 15.9. The number of fused-ring (bicyclic) bond motifs is 1. The van der Waals surface area contributed by atoms with Gasteiger partial charge in [0.15, 0.2) is 5.69 Å². The molecule has 2 aromatic carbocycles. The van der Waals surface area contributed by atoms with Crippen LogP contribution < -0.4 is 4.74 Å². The summed E-state index contributed by atoms with van der Waals surface area (Å²) in [5, 5.41) is 3.56. The molecule has 0 aliphatic carbocycles. The molecule has 6 nitrogen and oxygen atoms in total. The van der Waals surface area contributed by atoms with E-state index >= 15 is 0 Å². The number of amides is 1. The van der Waals surface area contributed by atoms with Gasteiger partial charge in [-0.05, 0) is 47.5 Å². The van der Waals surface area contributed by atoms with Crippen molar-refractivity contribution < 1.29 is 22.7 Å². The van der Waals surface area contributed by atoms with Gasteiger partial charge in [0.25, 0.3) is 5.91 Å². The lowest BCUT2D eigenvalue weighted by atomic mass is 10.1. The van der Waals surface area contributed by atoms with Crippen molar-refractivity contribution in [2.45, 2.75) is 19.1 Å². The SMILES string of the molecule is O=C(c1ccc(-n2ccc(C(F)(F)F)n2)cc1)N1CCN(Cc2ccc3c(c2)CCO3)CC1. The van der Waals surface area contributed by atoms with Crippen LogP contribution in [0.2, 0.25) is 0 Å². The molecule has 0 unspecified atom stereocenters. The first kappa shape index (κ1) is 21.5. The van der Waals surface area contributed by atoms with Crippen molar-refractivity contribution in [3.05, 3.63) is 77.1 Å². The van der Waals surface area contributed by atoms with Crippen molar-refractivity contribution >= 4 is 5.91 Å². The predicted molar refractivity (Wildman–Crippen MR) is 115 cm³/mol.